The Kier molecular flexibility index (Phi) is 3.20. The highest BCUT2D eigenvalue weighted by molar-refractivity contribution is 6.32. The predicted octanol–water partition coefficient (Wildman–Crippen LogP) is 4.75. The van der Waals surface area contributed by atoms with Crippen LogP contribution in [0.1, 0.15) is 5.56 Å². The first-order chi connectivity index (χ1) is 11.1. The molecule has 2 heterocycles. The van der Waals surface area contributed by atoms with Crippen LogP contribution in [0.3, 0.4) is 0 Å². The highest BCUT2D eigenvalue weighted by Gasteiger charge is 2.12. The lowest BCUT2D eigenvalue weighted by Gasteiger charge is -2.04. The van der Waals surface area contributed by atoms with Crippen LogP contribution in [0, 0.1) is 6.92 Å². The number of aromatic amines is 1. The van der Waals surface area contributed by atoms with Crippen molar-refractivity contribution in [2.45, 2.75) is 6.92 Å². The third-order valence-corrected chi connectivity index (χ3v) is 4.16. The summed E-state index contributed by atoms with van der Waals surface area (Å²) < 4.78 is 5.25. The number of imidazole rings is 1. The minimum atomic E-state index is 0.437. The molecule has 0 radical (unpaired) electrons. The molecule has 114 valence electrons. The number of nitrogens with zero attached hydrogens (tertiary/aromatic N) is 2. The molecule has 2 aromatic heterocycles. The van der Waals surface area contributed by atoms with Gasteiger partial charge in [0.05, 0.1) is 29.2 Å². The van der Waals surface area contributed by atoms with E-state index < -0.39 is 0 Å². The van der Waals surface area contributed by atoms with Gasteiger partial charge in [-0.15, -0.1) is 0 Å². The maximum atomic E-state index is 6.37. The van der Waals surface area contributed by atoms with Crippen molar-refractivity contribution in [2.24, 2.45) is 0 Å². The summed E-state index contributed by atoms with van der Waals surface area (Å²) in [6.45, 7) is 2.06. The average Bonchev–Trinajstić information content (AvgIpc) is 2.97. The molecule has 0 aliphatic heterocycles. The van der Waals surface area contributed by atoms with Crippen molar-refractivity contribution < 1.29 is 4.74 Å². The van der Waals surface area contributed by atoms with Crippen molar-refractivity contribution >= 4 is 33.5 Å². The lowest BCUT2D eigenvalue weighted by molar-refractivity contribution is 0.415. The van der Waals surface area contributed by atoms with Crippen molar-refractivity contribution in [2.75, 3.05) is 7.11 Å². The summed E-state index contributed by atoms with van der Waals surface area (Å²) in [6.07, 6.45) is 0. The molecular formula is C18H14ClN3O. The van der Waals surface area contributed by atoms with Gasteiger partial charge in [0.1, 0.15) is 16.7 Å². The van der Waals surface area contributed by atoms with Gasteiger partial charge in [-0.25, -0.2) is 9.97 Å². The van der Waals surface area contributed by atoms with Gasteiger partial charge in [0.25, 0.3) is 0 Å². The predicted molar refractivity (Wildman–Crippen MR) is 93.1 cm³/mol. The van der Waals surface area contributed by atoms with Crippen LogP contribution in [-0.2, 0) is 0 Å². The number of methoxy groups -OCH3 is 1. The first kappa shape index (κ1) is 14.0. The number of halogens is 1. The molecule has 2 aromatic carbocycles. The van der Waals surface area contributed by atoms with Gasteiger partial charge < -0.3 is 9.72 Å². The third-order valence-electron chi connectivity index (χ3n) is 3.87. The van der Waals surface area contributed by atoms with Gasteiger partial charge in [0.15, 0.2) is 0 Å². The van der Waals surface area contributed by atoms with Gasteiger partial charge in [-0.1, -0.05) is 23.2 Å². The summed E-state index contributed by atoms with van der Waals surface area (Å²) in [5, 5.41) is 1.48. The maximum Gasteiger partial charge on any atom is 0.141 e. The van der Waals surface area contributed by atoms with Crippen LogP contribution in [0.2, 0.25) is 5.15 Å². The molecule has 4 aromatic rings. The molecule has 0 saturated heterocycles. The summed E-state index contributed by atoms with van der Waals surface area (Å²) in [4.78, 5) is 12.4. The molecule has 23 heavy (non-hydrogen) atoms. The van der Waals surface area contributed by atoms with Gasteiger partial charge in [0, 0.05) is 11.5 Å². The molecule has 0 unspecified atom stereocenters. The van der Waals surface area contributed by atoms with Crippen LogP contribution in [0.25, 0.3) is 33.3 Å². The average molecular weight is 324 g/mol. The van der Waals surface area contributed by atoms with E-state index in [0.717, 1.165) is 33.2 Å². The monoisotopic (exact) mass is 323 g/mol. The lowest BCUT2D eigenvalue weighted by atomic mass is 10.1. The topological polar surface area (TPSA) is 50.8 Å². The number of aryl methyl sites for hydroxylation is 1. The minimum absolute atomic E-state index is 0.437. The van der Waals surface area contributed by atoms with Gasteiger partial charge >= 0.3 is 0 Å². The fraction of sp³-hybridized carbons (Fsp3) is 0.111. The zero-order valence-electron chi connectivity index (χ0n) is 12.7. The highest BCUT2D eigenvalue weighted by Crippen LogP contribution is 2.30. The SMILES string of the molecule is COc1ccc2nc(-c3cc4cc(C)ccc4nc3Cl)[nH]c2c1. The molecular weight excluding hydrogens is 310 g/mol. The number of ether oxygens (including phenoxy) is 1. The number of aromatic nitrogens is 3. The van der Waals surface area contributed by atoms with E-state index in [1.807, 2.05) is 36.4 Å². The van der Waals surface area contributed by atoms with Gasteiger partial charge in [-0.3, -0.25) is 0 Å². The third kappa shape index (κ3) is 2.41. The number of pyridine rings is 1. The smallest absolute Gasteiger partial charge is 0.141 e. The van der Waals surface area contributed by atoms with E-state index in [2.05, 4.69) is 27.9 Å². The first-order valence-electron chi connectivity index (χ1n) is 7.25. The van der Waals surface area contributed by atoms with Gasteiger partial charge in [-0.2, -0.15) is 0 Å². The summed E-state index contributed by atoms with van der Waals surface area (Å²) in [7, 11) is 1.64. The normalized spacial score (nSPS) is 11.3. The zero-order chi connectivity index (χ0) is 16.0. The van der Waals surface area contributed by atoms with Crippen LogP contribution < -0.4 is 4.74 Å². The fourth-order valence-corrected chi connectivity index (χ4v) is 2.92. The Morgan fingerprint density at radius 1 is 1.00 bits per heavy atom. The molecule has 0 atom stereocenters. The van der Waals surface area contributed by atoms with Crippen molar-refractivity contribution in [3.8, 4) is 17.1 Å². The maximum absolute atomic E-state index is 6.37. The molecule has 0 aliphatic rings. The number of fused-ring (bicyclic) bond motifs is 2. The number of rotatable bonds is 2. The summed E-state index contributed by atoms with van der Waals surface area (Å²) in [5.41, 5.74) is 4.62. The number of benzene rings is 2. The van der Waals surface area contributed by atoms with E-state index >= 15 is 0 Å². The Morgan fingerprint density at radius 2 is 1.83 bits per heavy atom. The van der Waals surface area contributed by atoms with Crippen LogP contribution >= 0.6 is 11.6 Å². The molecule has 0 saturated carbocycles. The Bertz CT molecular complexity index is 1040. The fourth-order valence-electron chi connectivity index (χ4n) is 2.68. The number of hydrogen-bond acceptors (Lipinski definition) is 3. The number of H-pyrrole nitrogens is 1. The van der Waals surface area contributed by atoms with E-state index in [9.17, 15) is 0 Å². The van der Waals surface area contributed by atoms with E-state index in [4.69, 9.17) is 16.3 Å². The second-order valence-corrected chi connectivity index (χ2v) is 5.85. The molecule has 5 heteroatoms. The zero-order valence-corrected chi connectivity index (χ0v) is 13.5. The molecule has 0 amide bonds. The summed E-state index contributed by atoms with van der Waals surface area (Å²) >= 11 is 6.37. The molecule has 1 N–H and O–H groups in total. The molecule has 4 nitrogen and oxygen atoms in total. The summed E-state index contributed by atoms with van der Waals surface area (Å²) in [5.74, 6) is 1.49. The van der Waals surface area contributed by atoms with E-state index in [-0.39, 0.29) is 0 Å². The largest absolute Gasteiger partial charge is 0.497 e. The molecule has 4 rings (SSSR count). The Hall–Kier alpha value is -2.59. The van der Waals surface area contributed by atoms with E-state index in [1.54, 1.807) is 7.11 Å². The minimum Gasteiger partial charge on any atom is -0.497 e. The van der Waals surface area contributed by atoms with E-state index in [0.29, 0.717) is 11.0 Å². The second-order valence-electron chi connectivity index (χ2n) is 5.49. The van der Waals surface area contributed by atoms with Crippen molar-refractivity contribution in [3.05, 3.63) is 53.2 Å². The standard InChI is InChI=1S/C18H14ClN3O/c1-10-3-5-14-11(7-10)8-13(17(19)20-14)18-21-15-6-4-12(23-2)9-16(15)22-18/h3-9H,1-2H3,(H,21,22). The molecule has 0 bridgehead atoms. The van der Waals surface area contributed by atoms with Crippen molar-refractivity contribution in [1.29, 1.82) is 0 Å². The van der Waals surface area contributed by atoms with E-state index in [1.165, 1.54) is 5.56 Å². The Morgan fingerprint density at radius 3 is 2.65 bits per heavy atom. The Labute approximate surface area is 138 Å². The van der Waals surface area contributed by atoms with Crippen molar-refractivity contribution in [3.63, 3.8) is 0 Å². The van der Waals surface area contributed by atoms with Gasteiger partial charge in [-0.05, 0) is 37.3 Å². The molecule has 0 aliphatic carbocycles. The van der Waals surface area contributed by atoms with Crippen molar-refractivity contribution in [1.82, 2.24) is 15.0 Å². The number of hydrogen-bond donors (Lipinski definition) is 1. The first-order valence-corrected chi connectivity index (χ1v) is 7.63. The second kappa shape index (κ2) is 5.25. The molecule has 0 spiro atoms. The van der Waals surface area contributed by atoms with Gasteiger partial charge in [0.2, 0.25) is 0 Å². The van der Waals surface area contributed by atoms with Crippen LogP contribution in [0.4, 0.5) is 0 Å². The number of nitrogens with one attached hydrogen (secondary N) is 1. The molecule has 0 fully saturated rings. The highest BCUT2D eigenvalue weighted by atomic mass is 35.5. The van der Waals surface area contributed by atoms with Crippen LogP contribution in [-0.4, -0.2) is 22.1 Å². The quantitative estimate of drug-likeness (QED) is 0.542. The van der Waals surface area contributed by atoms with Crippen LogP contribution in [0.5, 0.6) is 5.75 Å². The van der Waals surface area contributed by atoms with Crippen LogP contribution in [0.15, 0.2) is 42.5 Å². The summed E-state index contributed by atoms with van der Waals surface area (Å²) in [6, 6.07) is 13.8. The lowest BCUT2D eigenvalue weighted by Crippen LogP contribution is -1.88. The Balaban J connectivity index is 1.92.